The van der Waals surface area contributed by atoms with E-state index in [1.807, 2.05) is 30.3 Å². The summed E-state index contributed by atoms with van der Waals surface area (Å²) in [7, 11) is -7.66. The molecule has 2 amide bonds. The fourth-order valence-corrected chi connectivity index (χ4v) is 11.1. The molecule has 0 atom stereocenters. The number of halogens is 4. The summed E-state index contributed by atoms with van der Waals surface area (Å²) in [5.74, 6) is -0.234. The summed E-state index contributed by atoms with van der Waals surface area (Å²) in [5.41, 5.74) is -2.32. The van der Waals surface area contributed by atoms with Gasteiger partial charge in [0.15, 0.2) is 0 Å². The fourth-order valence-electron chi connectivity index (χ4n) is 7.58. The Hall–Kier alpha value is -6.37. The molecule has 4 N–H and O–H groups in total. The number of carbonyl (C=O) groups excluding carboxylic acids is 2. The lowest BCUT2D eigenvalue weighted by Crippen LogP contribution is -2.42. The predicted molar refractivity (Wildman–Crippen MR) is 260 cm³/mol. The lowest BCUT2D eigenvalue weighted by atomic mass is 10.1. The molecule has 4 heterocycles. The molecule has 0 radical (unpaired) electrons. The first-order chi connectivity index (χ1) is 33.8. The number of para-hydroxylation sites is 1. The van der Waals surface area contributed by atoms with Gasteiger partial charge < -0.3 is 30.1 Å². The van der Waals surface area contributed by atoms with Crippen LogP contribution in [0, 0.1) is 10.1 Å². The number of non-ortho nitro benzene ring substituents is 1. The maximum atomic E-state index is 13.0. The van der Waals surface area contributed by atoms with Crippen molar-refractivity contribution in [1.82, 2.24) is 19.2 Å². The van der Waals surface area contributed by atoms with Crippen molar-refractivity contribution in [2.75, 3.05) is 36.8 Å². The van der Waals surface area contributed by atoms with E-state index in [1.165, 1.54) is 69.3 Å². The Balaban J connectivity index is 0.000000213. The Morgan fingerprint density at radius 1 is 0.648 bits per heavy atom. The molecule has 2 aliphatic heterocycles. The molecule has 2 fully saturated rings. The smallest absolute Gasteiger partial charge is 0.446 e. The van der Waals surface area contributed by atoms with Crippen molar-refractivity contribution in [3.63, 3.8) is 0 Å². The zero-order chi connectivity index (χ0) is 50.8. The Bertz CT molecular complexity index is 3000. The SMILES string of the molecule is O=C(NCc1ccc(S(=O)(=O)N2CCC(Nc3cccc(SC(F)(F)F)c3)CC2)o1)c1ccc([N+](=O)[O-])cc1.O=C(NCc1ccc(S(=O)(=O)N2CCC(Nc3ccccc3)CC2)o1)c1ccc(Cl)cc1. The third-order valence-electron chi connectivity index (χ3n) is 11.2. The summed E-state index contributed by atoms with van der Waals surface area (Å²) in [6.07, 6.45) is 2.29. The van der Waals surface area contributed by atoms with E-state index in [-0.39, 0.29) is 88.0 Å². The van der Waals surface area contributed by atoms with Crippen LogP contribution in [0.5, 0.6) is 0 Å². The average Bonchev–Trinajstić information content (AvgIpc) is 4.05. The van der Waals surface area contributed by atoms with Crippen molar-refractivity contribution in [3.05, 3.63) is 165 Å². The zero-order valence-electron chi connectivity index (χ0n) is 37.5. The van der Waals surface area contributed by atoms with Crippen molar-refractivity contribution in [2.24, 2.45) is 0 Å². The predicted octanol–water partition coefficient (Wildman–Crippen LogP) is 9.12. The Morgan fingerprint density at radius 3 is 1.56 bits per heavy atom. The quantitative estimate of drug-likeness (QED) is 0.0403. The van der Waals surface area contributed by atoms with E-state index in [1.54, 1.807) is 36.4 Å². The van der Waals surface area contributed by atoms with Crippen LogP contribution in [0.2, 0.25) is 5.02 Å². The summed E-state index contributed by atoms with van der Waals surface area (Å²) >= 11 is 5.63. The van der Waals surface area contributed by atoms with E-state index in [9.17, 15) is 49.7 Å². The number of carbonyl (C=O) groups is 2. The van der Waals surface area contributed by atoms with Gasteiger partial charge in [-0.05, 0) is 128 Å². The van der Waals surface area contributed by atoms with Gasteiger partial charge in [-0.15, -0.1) is 0 Å². The summed E-state index contributed by atoms with van der Waals surface area (Å²) in [5, 5.41) is 22.8. The van der Waals surface area contributed by atoms with Crippen LogP contribution in [0.1, 0.15) is 57.9 Å². The van der Waals surface area contributed by atoms with Gasteiger partial charge in [-0.1, -0.05) is 35.9 Å². The maximum Gasteiger partial charge on any atom is 0.446 e. The summed E-state index contributed by atoms with van der Waals surface area (Å²) in [6.45, 7) is 1.18. The van der Waals surface area contributed by atoms with Crippen LogP contribution >= 0.6 is 23.4 Å². The van der Waals surface area contributed by atoms with E-state index < -0.39 is 36.4 Å². The van der Waals surface area contributed by atoms with Gasteiger partial charge in [-0.2, -0.15) is 21.8 Å². The number of amides is 2. The van der Waals surface area contributed by atoms with Gasteiger partial charge in [0.05, 0.1) is 18.0 Å². The summed E-state index contributed by atoms with van der Waals surface area (Å²) in [4.78, 5) is 34.7. The van der Waals surface area contributed by atoms with Crippen LogP contribution in [0.15, 0.2) is 151 Å². The second-order valence-corrected chi connectivity index (χ2v) is 21.5. The molecule has 71 heavy (non-hydrogen) atoms. The molecule has 6 aromatic rings. The molecule has 0 spiro atoms. The van der Waals surface area contributed by atoms with E-state index in [4.69, 9.17) is 20.4 Å². The van der Waals surface area contributed by atoms with E-state index in [0.717, 1.165) is 5.69 Å². The fraction of sp³-hybridized carbons (Fsp3) is 0.277. The molecule has 2 saturated heterocycles. The van der Waals surface area contributed by atoms with E-state index in [0.29, 0.717) is 60.8 Å². The number of nitro groups is 1. The number of rotatable bonds is 16. The minimum absolute atomic E-state index is 0.0603. The average molecular weight is 1060 g/mol. The normalized spacial score (nSPS) is 15.3. The molecule has 0 aliphatic carbocycles. The topological polar surface area (TPSA) is 226 Å². The van der Waals surface area contributed by atoms with Gasteiger partial charge in [0, 0.05) is 82.8 Å². The highest BCUT2D eigenvalue weighted by molar-refractivity contribution is 8.00. The number of sulfonamides is 2. The van der Waals surface area contributed by atoms with Crippen LogP contribution in [-0.4, -0.2) is 86.0 Å². The third kappa shape index (κ3) is 14.6. The zero-order valence-corrected chi connectivity index (χ0v) is 40.7. The molecule has 2 aromatic heterocycles. The second-order valence-electron chi connectivity index (χ2n) is 16.2. The number of nitrogens with zero attached hydrogens (tertiary/aromatic N) is 3. The van der Waals surface area contributed by atoms with Crippen LogP contribution in [-0.2, 0) is 33.1 Å². The van der Waals surface area contributed by atoms with E-state index in [2.05, 4.69) is 21.3 Å². The standard InChI is InChI=1S/C24H23F3N4O6S2.C23H24ClN3O4S/c25-24(26,27)38-21-3-1-2-18(14-21)29-17-10-12-30(13-11-17)39(35,36)22-9-8-20(37-22)15-28-23(32)16-4-6-19(7-5-16)31(33)34;24-18-8-6-17(7-9-18)23(28)25-16-21-10-11-22(31-21)32(29,30)27-14-12-20(13-15-27)26-19-4-2-1-3-5-19/h1-9,14,17,29H,10-13,15H2,(H,28,32);1-11,20,26H,12-16H2,(H,25,28). The molecule has 4 aromatic carbocycles. The van der Waals surface area contributed by atoms with Crippen molar-refractivity contribution < 1.29 is 53.4 Å². The number of nitro benzene ring substituents is 1. The number of hydrogen-bond acceptors (Lipinski definition) is 13. The van der Waals surface area contributed by atoms with Gasteiger partial charge in [-0.3, -0.25) is 19.7 Å². The number of benzene rings is 4. The van der Waals surface area contributed by atoms with Gasteiger partial charge in [0.2, 0.25) is 10.2 Å². The molecule has 24 heteroatoms. The minimum atomic E-state index is -4.39. The number of piperidine rings is 2. The molecule has 17 nitrogen and oxygen atoms in total. The Morgan fingerprint density at radius 2 is 1.10 bits per heavy atom. The van der Waals surface area contributed by atoms with Crippen LogP contribution in [0.3, 0.4) is 0 Å². The number of thioether (sulfide) groups is 1. The lowest BCUT2D eigenvalue weighted by Gasteiger charge is -2.31. The number of anilines is 2. The molecule has 2 aliphatic rings. The highest BCUT2D eigenvalue weighted by atomic mass is 35.5. The number of alkyl halides is 3. The lowest BCUT2D eigenvalue weighted by molar-refractivity contribution is -0.384. The number of nitrogens with one attached hydrogen (secondary N) is 4. The van der Waals surface area contributed by atoms with Gasteiger partial charge in [0.1, 0.15) is 11.5 Å². The minimum Gasteiger partial charge on any atom is -0.446 e. The van der Waals surface area contributed by atoms with Gasteiger partial charge in [0.25, 0.3) is 37.5 Å². The monoisotopic (exact) mass is 1060 g/mol. The van der Waals surface area contributed by atoms with Gasteiger partial charge >= 0.3 is 5.51 Å². The molecule has 8 rings (SSSR count). The van der Waals surface area contributed by atoms with Crippen molar-refractivity contribution in [3.8, 4) is 0 Å². The first-order valence-corrected chi connectivity index (χ1v) is 26.1. The summed E-state index contributed by atoms with van der Waals surface area (Å²) < 4.78 is 104. The van der Waals surface area contributed by atoms with Gasteiger partial charge in [-0.25, -0.2) is 16.8 Å². The number of furan rings is 2. The highest BCUT2D eigenvalue weighted by Gasteiger charge is 2.34. The first kappa shape index (κ1) is 52.5. The second kappa shape index (κ2) is 23.2. The van der Waals surface area contributed by atoms with Crippen molar-refractivity contribution >= 4 is 72.3 Å². The van der Waals surface area contributed by atoms with Crippen LogP contribution < -0.4 is 21.3 Å². The third-order valence-corrected chi connectivity index (χ3v) is 15.8. The molecule has 0 saturated carbocycles. The van der Waals surface area contributed by atoms with Crippen LogP contribution in [0.25, 0.3) is 0 Å². The molecular formula is C47H47ClF3N7O10S3. The van der Waals surface area contributed by atoms with E-state index >= 15 is 0 Å². The summed E-state index contributed by atoms with van der Waals surface area (Å²) in [6, 6.07) is 33.2. The maximum absolute atomic E-state index is 13.0. The number of hydrogen-bond donors (Lipinski definition) is 4. The molecule has 0 bridgehead atoms. The molecule has 0 unspecified atom stereocenters. The Kier molecular flexibility index (Phi) is 17.2. The van der Waals surface area contributed by atoms with Crippen molar-refractivity contribution in [1.29, 1.82) is 0 Å². The first-order valence-electron chi connectivity index (χ1n) is 22.0. The molecular weight excluding hydrogens is 1010 g/mol. The largest absolute Gasteiger partial charge is 0.446 e. The Labute approximate surface area is 416 Å². The van der Waals surface area contributed by atoms with Crippen molar-refractivity contribution in [2.45, 2.75) is 71.4 Å². The van der Waals surface area contributed by atoms with Crippen LogP contribution in [0.4, 0.5) is 30.2 Å². The highest BCUT2D eigenvalue weighted by Crippen LogP contribution is 2.38. The molecule has 376 valence electrons.